The van der Waals surface area contributed by atoms with Crippen molar-refractivity contribution in [2.45, 2.75) is 69.9 Å². The van der Waals surface area contributed by atoms with Crippen molar-refractivity contribution in [1.82, 2.24) is 4.90 Å². The zero-order valence-corrected chi connectivity index (χ0v) is 23.2. The largest absolute Gasteiger partial charge is 0.415 e. The van der Waals surface area contributed by atoms with E-state index in [1.54, 1.807) is 0 Å². The van der Waals surface area contributed by atoms with Gasteiger partial charge < -0.3 is 14.1 Å². The smallest absolute Gasteiger partial charge is 0.249 e. The summed E-state index contributed by atoms with van der Waals surface area (Å²) in [5.74, 6) is 0.454. The SMILES string of the molecule is CC(C)(C)[Si](C)(C)OC[C@H](C1CC1)N1C(=O)CO[C@H](c2cccc(Cl)c2)C1c1ccc(Cl)cc1. The molecule has 34 heavy (non-hydrogen) atoms. The fourth-order valence-electron chi connectivity index (χ4n) is 4.41. The second kappa shape index (κ2) is 9.94. The second-order valence-corrected chi connectivity index (χ2v) is 16.7. The van der Waals surface area contributed by atoms with Crippen molar-refractivity contribution in [1.29, 1.82) is 0 Å². The summed E-state index contributed by atoms with van der Waals surface area (Å²) < 4.78 is 12.9. The molecule has 1 heterocycles. The van der Waals surface area contributed by atoms with E-state index < -0.39 is 8.32 Å². The molecule has 2 fully saturated rings. The lowest BCUT2D eigenvalue weighted by Crippen LogP contribution is -2.54. The Bertz CT molecular complexity index is 1020. The minimum atomic E-state index is -1.97. The first-order chi connectivity index (χ1) is 16.0. The molecule has 2 aromatic rings. The first-order valence-corrected chi connectivity index (χ1v) is 15.7. The summed E-state index contributed by atoms with van der Waals surface area (Å²) in [5.41, 5.74) is 1.96. The fraction of sp³-hybridized carbons (Fsp3) is 0.519. The van der Waals surface area contributed by atoms with Gasteiger partial charge in [0.15, 0.2) is 8.32 Å². The van der Waals surface area contributed by atoms with Gasteiger partial charge in [-0.25, -0.2) is 0 Å². The highest BCUT2D eigenvalue weighted by Gasteiger charge is 2.48. The van der Waals surface area contributed by atoms with E-state index >= 15 is 0 Å². The summed E-state index contributed by atoms with van der Waals surface area (Å²) in [6.45, 7) is 11.9. The average Bonchev–Trinajstić information content (AvgIpc) is 3.60. The number of carbonyl (C=O) groups excluding carboxylic acids is 1. The van der Waals surface area contributed by atoms with Gasteiger partial charge >= 0.3 is 0 Å². The van der Waals surface area contributed by atoms with Crippen LogP contribution in [-0.2, 0) is 14.0 Å². The standard InChI is InChI=1S/C27H35Cl2NO3Si/c1-27(2,3)34(4,5)33-16-23(18-9-10-18)30-24(31)17-32-26(20-7-6-8-22(29)15-20)25(30)19-11-13-21(28)14-12-19/h6-8,11-15,18,23,25-26H,9-10,16-17H2,1-5H3/t23-,25?,26-/m1/s1. The maximum absolute atomic E-state index is 13.5. The molecule has 1 amide bonds. The summed E-state index contributed by atoms with van der Waals surface area (Å²) in [6, 6.07) is 15.2. The number of hydrogen-bond donors (Lipinski definition) is 0. The maximum Gasteiger partial charge on any atom is 0.249 e. The molecule has 4 rings (SSSR count). The number of nitrogens with zero attached hydrogens (tertiary/aromatic N) is 1. The van der Waals surface area contributed by atoms with Crippen molar-refractivity contribution in [3.8, 4) is 0 Å². The number of carbonyl (C=O) groups is 1. The van der Waals surface area contributed by atoms with E-state index in [2.05, 4.69) is 38.8 Å². The molecule has 0 radical (unpaired) electrons. The Morgan fingerprint density at radius 1 is 1.06 bits per heavy atom. The number of benzene rings is 2. The van der Waals surface area contributed by atoms with E-state index in [-0.39, 0.29) is 35.7 Å². The first-order valence-electron chi connectivity index (χ1n) is 12.1. The number of morpholine rings is 1. The van der Waals surface area contributed by atoms with Gasteiger partial charge in [-0.2, -0.15) is 0 Å². The number of ether oxygens (including phenoxy) is 1. The summed E-state index contributed by atoms with van der Waals surface area (Å²) >= 11 is 12.6. The van der Waals surface area contributed by atoms with Crippen LogP contribution in [0, 0.1) is 5.92 Å². The van der Waals surface area contributed by atoms with E-state index in [0.29, 0.717) is 22.6 Å². The van der Waals surface area contributed by atoms with Crippen LogP contribution in [0.2, 0.25) is 28.2 Å². The Kier molecular flexibility index (Phi) is 7.52. The van der Waals surface area contributed by atoms with E-state index in [9.17, 15) is 4.79 Å². The molecule has 0 N–H and O–H groups in total. The topological polar surface area (TPSA) is 38.8 Å². The van der Waals surface area contributed by atoms with Crippen LogP contribution in [0.1, 0.15) is 56.9 Å². The number of amides is 1. The van der Waals surface area contributed by atoms with Gasteiger partial charge in [0.1, 0.15) is 12.7 Å². The zero-order chi connectivity index (χ0) is 24.7. The van der Waals surface area contributed by atoms with Crippen molar-refractivity contribution < 1.29 is 14.0 Å². The highest BCUT2D eigenvalue weighted by atomic mass is 35.5. The quantitative estimate of drug-likeness (QED) is 0.356. The van der Waals surface area contributed by atoms with Gasteiger partial charge in [-0.1, -0.05) is 68.2 Å². The highest BCUT2D eigenvalue weighted by Crippen LogP contribution is 2.47. The lowest BCUT2D eigenvalue weighted by Gasteiger charge is -2.47. The minimum absolute atomic E-state index is 0.00730. The molecule has 2 aliphatic rings. The van der Waals surface area contributed by atoms with Crippen molar-refractivity contribution in [3.05, 3.63) is 69.7 Å². The Balaban J connectivity index is 1.73. The molecule has 1 saturated heterocycles. The predicted octanol–water partition coefficient (Wildman–Crippen LogP) is 7.44. The summed E-state index contributed by atoms with van der Waals surface area (Å²) in [5, 5.41) is 1.42. The molecule has 0 aromatic heterocycles. The third-order valence-electron chi connectivity index (χ3n) is 7.59. The highest BCUT2D eigenvalue weighted by molar-refractivity contribution is 6.74. The molecule has 4 nitrogen and oxygen atoms in total. The van der Waals surface area contributed by atoms with Crippen LogP contribution < -0.4 is 0 Å². The normalized spacial score (nSPS) is 22.7. The number of hydrogen-bond acceptors (Lipinski definition) is 3. The van der Waals surface area contributed by atoms with Crippen molar-refractivity contribution in [2.24, 2.45) is 5.92 Å². The molecular formula is C27H35Cl2NO3Si. The molecular weight excluding hydrogens is 485 g/mol. The lowest BCUT2D eigenvalue weighted by atomic mass is 9.91. The number of halogens is 2. The molecule has 0 spiro atoms. The summed E-state index contributed by atoms with van der Waals surface area (Å²) in [6.07, 6.45) is 1.91. The molecule has 1 aliphatic carbocycles. The van der Waals surface area contributed by atoms with E-state index in [1.807, 2.05) is 48.5 Å². The molecule has 3 atom stereocenters. The zero-order valence-electron chi connectivity index (χ0n) is 20.7. The van der Waals surface area contributed by atoms with E-state index in [1.165, 1.54) is 0 Å². The molecule has 0 bridgehead atoms. The molecule has 7 heteroatoms. The average molecular weight is 521 g/mol. The Labute approximate surface area is 214 Å². The Hall–Kier alpha value is -1.37. The van der Waals surface area contributed by atoms with Gasteiger partial charge in [-0.05, 0) is 72.3 Å². The summed E-state index contributed by atoms with van der Waals surface area (Å²) in [4.78, 5) is 15.5. The van der Waals surface area contributed by atoms with Gasteiger partial charge in [0.2, 0.25) is 5.91 Å². The Morgan fingerprint density at radius 2 is 1.74 bits per heavy atom. The van der Waals surface area contributed by atoms with Crippen molar-refractivity contribution >= 4 is 37.4 Å². The van der Waals surface area contributed by atoms with Crippen LogP contribution >= 0.6 is 23.2 Å². The van der Waals surface area contributed by atoms with Crippen molar-refractivity contribution in [2.75, 3.05) is 13.2 Å². The molecule has 2 aromatic carbocycles. The van der Waals surface area contributed by atoms with Gasteiger partial charge in [0, 0.05) is 10.0 Å². The van der Waals surface area contributed by atoms with E-state index in [0.717, 1.165) is 24.0 Å². The van der Waals surface area contributed by atoms with E-state index in [4.69, 9.17) is 32.4 Å². The molecule has 1 aliphatic heterocycles. The molecule has 184 valence electrons. The van der Waals surface area contributed by atoms with Crippen LogP contribution in [-0.4, -0.2) is 38.4 Å². The first kappa shape index (κ1) is 25.7. The van der Waals surface area contributed by atoms with Crippen LogP contribution in [0.15, 0.2) is 48.5 Å². The monoisotopic (exact) mass is 519 g/mol. The fourth-order valence-corrected chi connectivity index (χ4v) is 5.76. The van der Waals surface area contributed by atoms with Gasteiger partial charge in [-0.15, -0.1) is 0 Å². The third kappa shape index (κ3) is 5.55. The summed E-state index contributed by atoms with van der Waals surface area (Å²) in [7, 11) is -1.97. The van der Waals surface area contributed by atoms with Crippen LogP contribution in [0.3, 0.4) is 0 Å². The minimum Gasteiger partial charge on any atom is -0.415 e. The Morgan fingerprint density at radius 3 is 2.32 bits per heavy atom. The third-order valence-corrected chi connectivity index (χ3v) is 12.6. The lowest BCUT2D eigenvalue weighted by molar-refractivity contribution is -0.165. The number of rotatable bonds is 7. The second-order valence-electron chi connectivity index (χ2n) is 11.1. The molecule has 1 unspecified atom stereocenters. The van der Waals surface area contributed by atoms with Crippen LogP contribution in [0.5, 0.6) is 0 Å². The maximum atomic E-state index is 13.5. The van der Waals surface area contributed by atoms with Gasteiger partial charge in [0.05, 0.1) is 18.7 Å². The van der Waals surface area contributed by atoms with Gasteiger partial charge in [-0.3, -0.25) is 4.79 Å². The predicted molar refractivity (Wildman–Crippen MR) is 141 cm³/mol. The van der Waals surface area contributed by atoms with Crippen LogP contribution in [0.4, 0.5) is 0 Å². The van der Waals surface area contributed by atoms with Gasteiger partial charge in [0.25, 0.3) is 0 Å². The van der Waals surface area contributed by atoms with Crippen molar-refractivity contribution in [3.63, 3.8) is 0 Å². The van der Waals surface area contributed by atoms with Crippen LogP contribution in [0.25, 0.3) is 0 Å². The molecule has 1 saturated carbocycles.